The monoisotopic (exact) mass is 478 g/mol. The number of hydrogen-bond donors (Lipinski definition) is 3. The fraction of sp³-hybridized carbons (Fsp3) is 0.321. The molecule has 0 unspecified atom stereocenters. The molecule has 0 saturated carbocycles. The van der Waals surface area contributed by atoms with Gasteiger partial charge in [-0.3, -0.25) is 4.79 Å². The van der Waals surface area contributed by atoms with Gasteiger partial charge in [0, 0.05) is 36.6 Å². The van der Waals surface area contributed by atoms with Gasteiger partial charge in [-0.15, -0.1) is 0 Å². The first-order chi connectivity index (χ1) is 17.0. The van der Waals surface area contributed by atoms with Crippen LogP contribution in [0.5, 0.6) is 5.75 Å². The molecule has 35 heavy (non-hydrogen) atoms. The number of aliphatic carboxylic acids is 1. The summed E-state index contributed by atoms with van der Waals surface area (Å²) in [6.07, 6.45) is 2.18. The molecule has 3 aromatic rings. The Bertz CT molecular complexity index is 1180. The maximum Gasteiger partial charge on any atom is 0.303 e. The normalized spacial score (nSPS) is 12.8. The zero-order chi connectivity index (χ0) is 24.8. The lowest BCUT2D eigenvalue weighted by Crippen LogP contribution is -2.26. The van der Waals surface area contributed by atoms with E-state index >= 15 is 0 Å². The van der Waals surface area contributed by atoms with Crippen molar-refractivity contribution >= 4 is 23.0 Å². The minimum atomic E-state index is -0.936. The van der Waals surface area contributed by atoms with Gasteiger partial charge in [0.15, 0.2) is 0 Å². The van der Waals surface area contributed by atoms with Crippen LogP contribution in [0.1, 0.15) is 35.1 Å². The van der Waals surface area contributed by atoms with Crippen LogP contribution in [0, 0.1) is 12.7 Å². The van der Waals surface area contributed by atoms with Crippen LogP contribution in [0.25, 0.3) is 0 Å². The van der Waals surface area contributed by atoms with E-state index in [9.17, 15) is 9.18 Å². The van der Waals surface area contributed by atoms with Crippen LogP contribution in [-0.4, -0.2) is 35.9 Å². The molecule has 0 radical (unpaired) electrons. The van der Waals surface area contributed by atoms with Gasteiger partial charge in [-0.25, -0.2) is 4.39 Å². The van der Waals surface area contributed by atoms with Gasteiger partial charge in [-0.05, 0) is 84.8 Å². The topological polar surface area (TPSA) is 82.0 Å². The van der Waals surface area contributed by atoms with Gasteiger partial charge in [0.1, 0.15) is 18.2 Å². The predicted octanol–water partition coefficient (Wildman–Crippen LogP) is 5.22. The summed E-state index contributed by atoms with van der Waals surface area (Å²) in [4.78, 5) is 13.1. The van der Waals surface area contributed by atoms with Gasteiger partial charge in [0.25, 0.3) is 0 Å². The smallest absolute Gasteiger partial charge is 0.303 e. The van der Waals surface area contributed by atoms with Gasteiger partial charge in [0.2, 0.25) is 0 Å². The Labute approximate surface area is 205 Å². The van der Waals surface area contributed by atoms with E-state index in [1.807, 2.05) is 24.3 Å². The maximum atomic E-state index is 14.4. The number of carboxylic acids is 1. The average molecular weight is 479 g/mol. The van der Waals surface area contributed by atoms with Crippen LogP contribution in [0.2, 0.25) is 0 Å². The molecule has 0 aromatic heterocycles. The molecule has 0 bridgehead atoms. The van der Waals surface area contributed by atoms with Crippen molar-refractivity contribution in [3.63, 3.8) is 0 Å². The first-order valence-electron chi connectivity index (χ1n) is 11.9. The molecule has 0 spiro atoms. The summed E-state index contributed by atoms with van der Waals surface area (Å²) in [5.41, 5.74) is 7.01. The Kier molecular flexibility index (Phi) is 7.87. The van der Waals surface area contributed by atoms with E-state index in [1.165, 1.54) is 22.9 Å². The predicted molar refractivity (Wildman–Crippen MR) is 135 cm³/mol. The van der Waals surface area contributed by atoms with E-state index in [0.717, 1.165) is 36.4 Å². The van der Waals surface area contributed by atoms with Crippen molar-refractivity contribution in [3.05, 3.63) is 82.7 Å². The summed E-state index contributed by atoms with van der Waals surface area (Å²) in [6.45, 7) is 3.86. The van der Waals surface area contributed by atoms with E-state index < -0.39 is 11.8 Å². The van der Waals surface area contributed by atoms with E-state index in [2.05, 4.69) is 29.3 Å². The van der Waals surface area contributed by atoms with Gasteiger partial charge in [-0.2, -0.15) is 0 Å². The molecule has 1 aliphatic heterocycles. The standard InChI is InChI=1S/C28H31FN2O4/c1-19-22(18-30-23-8-6-20(26(29)17-23)7-13-27(33)34)5-4-21-3-2-14-31(28(19)21)24-9-11-25(12-10-24)35-16-15-32/h4-6,8-12,17,30,32H,2-3,7,13-16,18H2,1H3,(H,33,34). The van der Waals surface area contributed by atoms with Crippen molar-refractivity contribution in [3.8, 4) is 5.75 Å². The van der Waals surface area contributed by atoms with Crippen molar-refractivity contribution < 1.29 is 24.1 Å². The van der Waals surface area contributed by atoms with E-state index in [0.29, 0.717) is 17.8 Å². The number of halogens is 1. The third-order valence-corrected chi connectivity index (χ3v) is 6.38. The highest BCUT2D eigenvalue weighted by molar-refractivity contribution is 5.73. The molecular formula is C28H31FN2O4. The third-order valence-electron chi connectivity index (χ3n) is 6.38. The van der Waals surface area contributed by atoms with E-state index in [-0.39, 0.29) is 26.1 Å². The van der Waals surface area contributed by atoms with Crippen LogP contribution in [-0.2, 0) is 24.2 Å². The summed E-state index contributed by atoms with van der Waals surface area (Å²) in [5, 5.41) is 21.1. The number of nitrogens with zero attached hydrogens (tertiary/aromatic N) is 1. The van der Waals surface area contributed by atoms with Crippen molar-refractivity contribution in [1.82, 2.24) is 0 Å². The molecule has 0 amide bonds. The van der Waals surface area contributed by atoms with Gasteiger partial charge in [0.05, 0.1) is 6.61 Å². The van der Waals surface area contributed by atoms with Gasteiger partial charge < -0.3 is 25.2 Å². The molecule has 0 fully saturated rings. The number of nitrogens with one attached hydrogen (secondary N) is 1. The largest absolute Gasteiger partial charge is 0.491 e. The third kappa shape index (κ3) is 5.92. The fourth-order valence-electron chi connectivity index (χ4n) is 4.55. The molecule has 1 aliphatic rings. The molecule has 184 valence electrons. The number of rotatable bonds is 10. The quantitative estimate of drug-likeness (QED) is 0.371. The summed E-state index contributed by atoms with van der Waals surface area (Å²) < 4.78 is 19.9. The lowest BCUT2D eigenvalue weighted by Gasteiger charge is -2.34. The van der Waals surface area contributed by atoms with E-state index in [4.69, 9.17) is 14.9 Å². The van der Waals surface area contributed by atoms with Crippen LogP contribution in [0.15, 0.2) is 54.6 Å². The number of benzene rings is 3. The number of aliphatic hydroxyl groups excluding tert-OH is 1. The molecule has 6 nitrogen and oxygen atoms in total. The summed E-state index contributed by atoms with van der Waals surface area (Å²) in [5.74, 6) is -0.596. The lowest BCUT2D eigenvalue weighted by molar-refractivity contribution is -0.136. The fourth-order valence-corrected chi connectivity index (χ4v) is 4.55. The molecule has 0 aliphatic carbocycles. The summed E-state index contributed by atoms with van der Waals surface area (Å²) in [7, 11) is 0. The molecule has 7 heteroatoms. The lowest BCUT2D eigenvalue weighted by atomic mass is 9.94. The maximum absolute atomic E-state index is 14.4. The number of hydrogen-bond acceptors (Lipinski definition) is 5. The Morgan fingerprint density at radius 2 is 1.89 bits per heavy atom. The molecule has 4 rings (SSSR count). The first kappa shape index (κ1) is 24.5. The van der Waals surface area contributed by atoms with Crippen LogP contribution in [0.4, 0.5) is 21.5 Å². The molecular weight excluding hydrogens is 447 g/mol. The number of aryl methyl sites for hydroxylation is 2. The number of fused-ring (bicyclic) bond motifs is 1. The second kappa shape index (κ2) is 11.2. The zero-order valence-corrected chi connectivity index (χ0v) is 19.9. The highest BCUT2D eigenvalue weighted by Gasteiger charge is 2.22. The molecule has 3 aromatic carbocycles. The molecule has 0 atom stereocenters. The highest BCUT2D eigenvalue weighted by Crippen LogP contribution is 2.38. The Hall–Kier alpha value is -3.58. The van der Waals surface area contributed by atoms with Crippen LogP contribution >= 0.6 is 0 Å². The minimum absolute atomic E-state index is 0.0151. The molecule has 0 saturated heterocycles. The van der Waals surface area contributed by atoms with Crippen molar-refractivity contribution in [1.29, 1.82) is 0 Å². The van der Waals surface area contributed by atoms with Gasteiger partial charge in [-0.1, -0.05) is 18.2 Å². The number of carboxylic acid groups (broad SMARTS) is 1. The molecule has 3 N–H and O–H groups in total. The zero-order valence-electron chi connectivity index (χ0n) is 19.9. The van der Waals surface area contributed by atoms with Crippen molar-refractivity contribution in [2.45, 2.75) is 39.2 Å². The molecule has 1 heterocycles. The second-order valence-corrected chi connectivity index (χ2v) is 8.73. The first-order valence-corrected chi connectivity index (χ1v) is 11.9. The minimum Gasteiger partial charge on any atom is -0.491 e. The number of ether oxygens (including phenoxy) is 1. The summed E-state index contributed by atoms with van der Waals surface area (Å²) >= 11 is 0. The summed E-state index contributed by atoms with van der Waals surface area (Å²) in [6, 6.07) is 17.1. The Balaban J connectivity index is 1.50. The van der Waals surface area contributed by atoms with Crippen molar-refractivity contribution in [2.75, 3.05) is 30.0 Å². The van der Waals surface area contributed by atoms with E-state index in [1.54, 1.807) is 12.1 Å². The Morgan fingerprint density at radius 3 is 2.60 bits per heavy atom. The highest BCUT2D eigenvalue weighted by atomic mass is 19.1. The SMILES string of the molecule is Cc1c(CNc2ccc(CCC(=O)O)c(F)c2)ccc2c1N(c1ccc(OCCO)cc1)CCC2. The second-order valence-electron chi connectivity index (χ2n) is 8.73. The number of anilines is 3. The number of aliphatic hydroxyl groups is 1. The van der Waals surface area contributed by atoms with Crippen LogP contribution in [0.3, 0.4) is 0 Å². The van der Waals surface area contributed by atoms with Gasteiger partial charge >= 0.3 is 5.97 Å². The Morgan fingerprint density at radius 1 is 1.11 bits per heavy atom. The average Bonchev–Trinajstić information content (AvgIpc) is 2.86. The number of carbonyl (C=O) groups is 1. The van der Waals surface area contributed by atoms with Crippen LogP contribution < -0.4 is 15.0 Å². The van der Waals surface area contributed by atoms with Crippen molar-refractivity contribution in [2.24, 2.45) is 0 Å².